The number of nitrogens with zero attached hydrogens (tertiary/aromatic N) is 4. The molecule has 0 aliphatic rings. The summed E-state index contributed by atoms with van der Waals surface area (Å²) in [4.78, 5) is 31.7. The Morgan fingerprint density at radius 1 is 1.03 bits per heavy atom. The zero-order chi connectivity index (χ0) is 27.4. The fourth-order valence-electron chi connectivity index (χ4n) is 3.50. The number of carboxylic acids is 1. The van der Waals surface area contributed by atoms with E-state index < -0.39 is 23.6 Å². The van der Waals surface area contributed by atoms with Gasteiger partial charge in [-0.1, -0.05) is 12.1 Å². The van der Waals surface area contributed by atoms with Gasteiger partial charge in [-0.2, -0.15) is 23.0 Å². The van der Waals surface area contributed by atoms with E-state index in [9.17, 15) is 22.8 Å². The monoisotopic (exact) mass is 525 g/mol. The molecule has 0 saturated carbocycles. The van der Waals surface area contributed by atoms with Crippen molar-refractivity contribution in [1.29, 1.82) is 0 Å². The van der Waals surface area contributed by atoms with Crippen LogP contribution in [-0.4, -0.2) is 43.3 Å². The Balaban J connectivity index is 1.57. The molecule has 0 atom stereocenters. The van der Waals surface area contributed by atoms with Crippen LogP contribution in [0, 0.1) is 13.8 Å². The van der Waals surface area contributed by atoms with Gasteiger partial charge in [0.15, 0.2) is 5.82 Å². The van der Waals surface area contributed by atoms with Gasteiger partial charge in [0.2, 0.25) is 0 Å². The van der Waals surface area contributed by atoms with Crippen LogP contribution in [0.2, 0.25) is 0 Å². The van der Waals surface area contributed by atoms with Gasteiger partial charge in [0.05, 0.1) is 11.3 Å². The van der Waals surface area contributed by atoms with Crippen molar-refractivity contribution >= 4 is 34.9 Å². The van der Waals surface area contributed by atoms with Gasteiger partial charge in [-0.15, -0.1) is 0 Å². The van der Waals surface area contributed by atoms with Gasteiger partial charge in [0.25, 0.3) is 5.91 Å². The topological polar surface area (TPSA) is 134 Å². The second-order valence-corrected chi connectivity index (χ2v) is 8.28. The molecule has 38 heavy (non-hydrogen) atoms. The highest BCUT2D eigenvalue weighted by molar-refractivity contribution is 6.04. The van der Waals surface area contributed by atoms with Crippen LogP contribution in [-0.2, 0) is 11.0 Å². The number of nitrogens with one attached hydrogen (secondary N) is 3. The van der Waals surface area contributed by atoms with Crippen LogP contribution in [0.15, 0.2) is 60.9 Å². The molecule has 2 heterocycles. The Morgan fingerprint density at radius 3 is 2.55 bits per heavy atom. The Morgan fingerprint density at radius 2 is 1.82 bits per heavy atom. The zero-order valence-corrected chi connectivity index (χ0v) is 20.2. The minimum atomic E-state index is -4.56. The molecule has 10 nitrogen and oxygen atoms in total. The molecule has 0 aliphatic heterocycles. The van der Waals surface area contributed by atoms with Gasteiger partial charge in [-0.05, 0) is 49.7 Å². The van der Waals surface area contributed by atoms with Gasteiger partial charge in [-0.25, -0.2) is 9.97 Å². The molecule has 0 spiro atoms. The lowest BCUT2D eigenvalue weighted by Crippen LogP contribution is -2.14. The normalized spacial score (nSPS) is 11.2. The first-order valence-corrected chi connectivity index (χ1v) is 11.2. The summed E-state index contributed by atoms with van der Waals surface area (Å²) in [5.74, 6) is -0.538. The number of carbonyl (C=O) groups is 2. The molecule has 0 unspecified atom stereocenters. The highest BCUT2D eigenvalue weighted by Crippen LogP contribution is 2.30. The Kier molecular flexibility index (Phi) is 7.28. The average Bonchev–Trinajstić information content (AvgIpc) is 3.24. The summed E-state index contributed by atoms with van der Waals surface area (Å²) in [6.07, 6.45) is -3.29. The Labute approximate surface area is 214 Å². The second-order valence-electron chi connectivity index (χ2n) is 8.28. The van der Waals surface area contributed by atoms with E-state index in [0.717, 1.165) is 17.7 Å². The van der Waals surface area contributed by atoms with Gasteiger partial charge in [-0.3, -0.25) is 9.59 Å². The standard InChI is InChI=1S/C25H22F3N7O3/c1-14-6-7-18(32-24(38)16-4-3-5-17(9-16)25(26,27)28)10-19(14)33-22-8-15(2)34-35(22)21-11-20(30-13-31-21)29-12-23(36)37/h3-11,13,33H,12H2,1-2H3,(H,32,38)(H,36,37)(H,29,30,31). The fraction of sp³-hybridized carbons (Fsp3) is 0.160. The van der Waals surface area contributed by atoms with E-state index in [1.807, 2.05) is 6.92 Å². The SMILES string of the molecule is Cc1cc(Nc2cc(NC(=O)c3cccc(C(F)(F)F)c3)ccc2C)n(-c2cc(NCC(=O)O)ncn2)n1. The van der Waals surface area contributed by atoms with Crippen molar-refractivity contribution in [3.05, 3.63) is 83.3 Å². The summed E-state index contributed by atoms with van der Waals surface area (Å²) < 4.78 is 40.6. The smallest absolute Gasteiger partial charge is 0.416 e. The number of carboxylic acid groups (broad SMARTS) is 1. The molecular weight excluding hydrogens is 503 g/mol. The molecule has 2 aromatic carbocycles. The number of aromatic nitrogens is 4. The van der Waals surface area contributed by atoms with E-state index >= 15 is 0 Å². The van der Waals surface area contributed by atoms with Crippen molar-refractivity contribution in [1.82, 2.24) is 19.7 Å². The number of anilines is 4. The number of amides is 1. The van der Waals surface area contributed by atoms with Gasteiger partial charge < -0.3 is 21.1 Å². The Bertz CT molecular complexity index is 1500. The van der Waals surface area contributed by atoms with Crippen LogP contribution >= 0.6 is 0 Å². The molecule has 2 aromatic heterocycles. The summed E-state index contributed by atoms with van der Waals surface area (Å²) in [6.45, 7) is 3.30. The van der Waals surface area contributed by atoms with E-state index in [-0.39, 0.29) is 12.1 Å². The molecule has 196 valence electrons. The number of carbonyl (C=O) groups excluding carboxylic acids is 1. The summed E-state index contributed by atoms with van der Waals surface area (Å²) in [5, 5.41) is 21.9. The first kappa shape index (κ1) is 26.1. The fourth-order valence-corrected chi connectivity index (χ4v) is 3.50. The van der Waals surface area contributed by atoms with Gasteiger partial charge >= 0.3 is 12.1 Å². The molecule has 0 saturated heterocycles. The number of alkyl halides is 3. The van der Waals surface area contributed by atoms with Crippen molar-refractivity contribution in [3.8, 4) is 5.82 Å². The second kappa shape index (κ2) is 10.6. The van der Waals surface area contributed by atoms with Crippen molar-refractivity contribution in [2.24, 2.45) is 0 Å². The third kappa shape index (κ3) is 6.24. The van der Waals surface area contributed by atoms with Crippen LogP contribution in [0.3, 0.4) is 0 Å². The summed E-state index contributed by atoms with van der Waals surface area (Å²) in [7, 11) is 0. The van der Waals surface area contributed by atoms with Crippen molar-refractivity contribution in [2.75, 3.05) is 22.5 Å². The lowest BCUT2D eigenvalue weighted by Gasteiger charge is -2.14. The number of rotatable bonds is 8. The molecule has 4 aromatic rings. The van der Waals surface area contributed by atoms with Crippen LogP contribution in [0.25, 0.3) is 5.82 Å². The molecule has 13 heteroatoms. The largest absolute Gasteiger partial charge is 0.480 e. The summed E-state index contributed by atoms with van der Waals surface area (Å²) >= 11 is 0. The summed E-state index contributed by atoms with van der Waals surface area (Å²) in [5.41, 5.74) is 1.42. The molecule has 0 radical (unpaired) electrons. The molecule has 0 aliphatic carbocycles. The predicted molar refractivity (Wildman–Crippen MR) is 134 cm³/mol. The third-order valence-electron chi connectivity index (χ3n) is 5.33. The lowest BCUT2D eigenvalue weighted by molar-refractivity contribution is -0.137. The maximum Gasteiger partial charge on any atom is 0.416 e. The van der Waals surface area contributed by atoms with Crippen LogP contribution in [0.5, 0.6) is 0 Å². The third-order valence-corrected chi connectivity index (χ3v) is 5.33. The molecule has 4 N–H and O–H groups in total. The number of aryl methyl sites for hydroxylation is 2. The molecule has 0 bridgehead atoms. The van der Waals surface area contributed by atoms with Crippen LogP contribution in [0.1, 0.15) is 27.2 Å². The van der Waals surface area contributed by atoms with E-state index in [0.29, 0.717) is 34.5 Å². The van der Waals surface area contributed by atoms with Crippen molar-refractivity contribution in [2.45, 2.75) is 20.0 Å². The summed E-state index contributed by atoms with van der Waals surface area (Å²) in [6, 6.07) is 12.5. The van der Waals surface area contributed by atoms with Gasteiger partial charge in [0, 0.05) is 29.1 Å². The van der Waals surface area contributed by atoms with Crippen molar-refractivity contribution in [3.63, 3.8) is 0 Å². The highest BCUT2D eigenvalue weighted by Gasteiger charge is 2.30. The number of hydrogen-bond acceptors (Lipinski definition) is 7. The number of halogens is 3. The predicted octanol–water partition coefficient (Wildman–Crippen LogP) is 4.79. The van der Waals surface area contributed by atoms with E-state index in [1.54, 1.807) is 37.3 Å². The quantitative estimate of drug-likeness (QED) is 0.258. The average molecular weight is 525 g/mol. The first-order valence-electron chi connectivity index (χ1n) is 11.2. The van der Waals surface area contributed by atoms with E-state index in [4.69, 9.17) is 5.11 Å². The molecule has 4 rings (SSSR count). The highest BCUT2D eigenvalue weighted by atomic mass is 19.4. The number of aliphatic carboxylic acids is 1. The Hall–Kier alpha value is -4.94. The molecular formula is C25H22F3N7O3. The van der Waals surface area contributed by atoms with Gasteiger partial charge in [0.1, 0.15) is 24.5 Å². The van der Waals surface area contributed by atoms with E-state index in [2.05, 4.69) is 31.0 Å². The number of benzene rings is 2. The van der Waals surface area contributed by atoms with Crippen LogP contribution in [0.4, 0.5) is 36.2 Å². The van der Waals surface area contributed by atoms with Crippen molar-refractivity contribution < 1.29 is 27.9 Å². The lowest BCUT2D eigenvalue weighted by atomic mass is 10.1. The maximum atomic E-state index is 13.0. The zero-order valence-electron chi connectivity index (χ0n) is 20.2. The van der Waals surface area contributed by atoms with Crippen LogP contribution < -0.4 is 16.0 Å². The minimum Gasteiger partial charge on any atom is -0.480 e. The first-order chi connectivity index (χ1) is 18.0. The molecule has 1 amide bonds. The maximum absolute atomic E-state index is 13.0. The number of hydrogen-bond donors (Lipinski definition) is 4. The molecule has 0 fully saturated rings. The van der Waals surface area contributed by atoms with E-state index in [1.165, 1.54) is 23.1 Å². The minimum absolute atomic E-state index is 0.125.